The van der Waals surface area contributed by atoms with Crippen LogP contribution in [-0.2, 0) is 0 Å². The van der Waals surface area contributed by atoms with Crippen LogP contribution in [0.2, 0.25) is 0 Å². The molecule has 36 heavy (non-hydrogen) atoms. The number of rotatable bonds is 16. The van der Waals surface area contributed by atoms with Gasteiger partial charge in [-0.15, -0.1) is 23.5 Å². The van der Waals surface area contributed by atoms with Crippen molar-refractivity contribution in [2.24, 2.45) is 29.4 Å². The first-order valence-corrected chi connectivity index (χ1v) is 17.7. The second-order valence-electron chi connectivity index (χ2n) is 12.0. The van der Waals surface area contributed by atoms with Crippen molar-refractivity contribution in [3.05, 3.63) is 24.3 Å². The zero-order valence-corrected chi connectivity index (χ0v) is 25.6. The maximum Gasteiger partial charge on any atom is 0.0208 e. The van der Waals surface area contributed by atoms with Crippen LogP contribution in [0.15, 0.2) is 34.1 Å². The van der Waals surface area contributed by atoms with Crippen molar-refractivity contribution in [3.8, 4) is 0 Å². The second kappa shape index (κ2) is 16.8. The van der Waals surface area contributed by atoms with Crippen molar-refractivity contribution >= 4 is 23.5 Å². The fraction of sp³-hybridized carbons (Fsp3) is 0.818. The molecule has 2 aliphatic carbocycles. The minimum atomic E-state index is 0.0569. The van der Waals surface area contributed by atoms with E-state index in [0.29, 0.717) is 5.92 Å². The first kappa shape index (κ1) is 30.4. The Kier molecular flexibility index (Phi) is 14.2. The predicted octanol–water partition coefficient (Wildman–Crippen LogP) is 10.8. The van der Waals surface area contributed by atoms with Gasteiger partial charge in [0.2, 0.25) is 0 Å². The van der Waals surface area contributed by atoms with Crippen molar-refractivity contribution in [3.63, 3.8) is 0 Å². The summed E-state index contributed by atoms with van der Waals surface area (Å²) in [4.78, 5) is 2.98. The minimum absolute atomic E-state index is 0.0569. The fourth-order valence-electron chi connectivity index (χ4n) is 7.45. The van der Waals surface area contributed by atoms with Crippen LogP contribution in [0.4, 0.5) is 0 Å². The Labute approximate surface area is 233 Å². The van der Waals surface area contributed by atoms with Gasteiger partial charge < -0.3 is 5.73 Å². The van der Waals surface area contributed by atoms with Crippen molar-refractivity contribution in [1.82, 2.24) is 0 Å². The summed E-state index contributed by atoms with van der Waals surface area (Å²) < 4.78 is 0. The normalized spacial score (nSPS) is 21.2. The third-order valence-corrected chi connectivity index (χ3v) is 12.1. The molecule has 206 valence electrons. The number of hydrogen-bond acceptors (Lipinski definition) is 3. The van der Waals surface area contributed by atoms with Crippen LogP contribution in [0.25, 0.3) is 0 Å². The van der Waals surface area contributed by atoms with E-state index in [1.807, 2.05) is 11.8 Å². The third kappa shape index (κ3) is 8.98. The van der Waals surface area contributed by atoms with Crippen LogP contribution < -0.4 is 5.73 Å². The van der Waals surface area contributed by atoms with E-state index in [-0.39, 0.29) is 5.54 Å². The number of benzene rings is 1. The SMILES string of the molecule is CCCSc1ccccc1SCCCC(CC(CCC)C(N)(CC)C1CCCCCC1)C1CCCC1. The summed E-state index contributed by atoms with van der Waals surface area (Å²) in [5, 5.41) is 0. The van der Waals surface area contributed by atoms with Crippen molar-refractivity contribution < 1.29 is 0 Å². The van der Waals surface area contributed by atoms with Gasteiger partial charge in [0.25, 0.3) is 0 Å². The Morgan fingerprint density at radius 1 is 0.806 bits per heavy atom. The molecule has 0 amide bonds. The number of nitrogens with two attached hydrogens (primary N) is 1. The van der Waals surface area contributed by atoms with E-state index in [1.165, 1.54) is 130 Å². The molecule has 0 spiro atoms. The van der Waals surface area contributed by atoms with E-state index in [2.05, 4.69) is 56.8 Å². The predicted molar refractivity (Wildman–Crippen MR) is 164 cm³/mol. The lowest BCUT2D eigenvalue weighted by molar-refractivity contribution is 0.104. The molecule has 2 saturated carbocycles. The van der Waals surface area contributed by atoms with E-state index in [9.17, 15) is 0 Å². The first-order chi connectivity index (χ1) is 17.6. The monoisotopic (exact) mass is 531 g/mol. The molecular formula is C33H57NS2. The van der Waals surface area contributed by atoms with Gasteiger partial charge in [-0.3, -0.25) is 0 Å². The Bertz CT molecular complexity index is 707. The highest BCUT2D eigenvalue weighted by molar-refractivity contribution is 8.02. The number of thioether (sulfide) groups is 2. The lowest BCUT2D eigenvalue weighted by Crippen LogP contribution is -2.53. The second-order valence-corrected chi connectivity index (χ2v) is 14.2. The van der Waals surface area contributed by atoms with Crippen LogP contribution in [-0.4, -0.2) is 17.0 Å². The molecule has 1 nitrogen and oxygen atoms in total. The average molecular weight is 532 g/mol. The van der Waals surface area contributed by atoms with Crippen LogP contribution in [0.5, 0.6) is 0 Å². The summed E-state index contributed by atoms with van der Waals surface area (Å²) in [6.07, 6.45) is 23.5. The molecule has 0 aliphatic heterocycles. The van der Waals surface area contributed by atoms with Crippen LogP contribution in [0, 0.1) is 23.7 Å². The zero-order valence-electron chi connectivity index (χ0n) is 23.9. The Hall–Kier alpha value is -0.120. The summed E-state index contributed by atoms with van der Waals surface area (Å²) in [5.74, 6) is 5.78. The molecule has 2 N–H and O–H groups in total. The molecule has 2 aliphatic rings. The fourth-order valence-corrected chi connectivity index (χ4v) is 9.53. The van der Waals surface area contributed by atoms with Crippen molar-refractivity contribution in [2.75, 3.05) is 11.5 Å². The molecule has 0 saturated heterocycles. The van der Waals surface area contributed by atoms with E-state index >= 15 is 0 Å². The van der Waals surface area contributed by atoms with Gasteiger partial charge in [-0.25, -0.2) is 0 Å². The highest BCUT2D eigenvalue weighted by atomic mass is 32.2. The van der Waals surface area contributed by atoms with Gasteiger partial charge in [-0.1, -0.05) is 90.7 Å². The largest absolute Gasteiger partial charge is 0.325 e. The summed E-state index contributed by atoms with van der Waals surface area (Å²) in [7, 11) is 0. The van der Waals surface area contributed by atoms with E-state index in [4.69, 9.17) is 5.73 Å². The average Bonchev–Trinajstić information content (AvgIpc) is 3.30. The molecule has 3 unspecified atom stereocenters. The van der Waals surface area contributed by atoms with Crippen molar-refractivity contribution in [2.45, 2.75) is 145 Å². The Morgan fingerprint density at radius 3 is 2.00 bits per heavy atom. The standard InChI is InChI=1S/C33H57NS2/c1-4-16-30(33(34,6-3)29-20-9-7-8-10-21-29)26-28(27-17-11-12-18-27)19-15-25-36-32-23-14-13-22-31(32)35-24-5-2/h13-14,22-23,27-30H,4-12,15-21,24-26,34H2,1-3H3. The smallest absolute Gasteiger partial charge is 0.0208 e. The van der Waals surface area contributed by atoms with Gasteiger partial charge in [0.1, 0.15) is 0 Å². The molecule has 0 aromatic heterocycles. The highest BCUT2D eigenvalue weighted by Gasteiger charge is 2.41. The molecule has 1 aromatic rings. The molecule has 0 heterocycles. The molecule has 3 heteroatoms. The first-order valence-electron chi connectivity index (χ1n) is 15.8. The third-order valence-electron chi connectivity index (χ3n) is 9.57. The maximum atomic E-state index is 7.50. The maximum absolute atomic E-state index is 7.50. The summed E-state index contributed by atoms with van der Waals surface area (Å²) in [6, 6.07) is 9.07. The molecule has 3 rings (SSSR count). The molecular weight excluding hydrogens is 475 g/mol. The van der Waals surface area contributed by atoms with Gasteiger partial charge in [0.15, 0.2) is 0 Å². The Morgan fingerprint density at radius 2 is 1.42 bits per heavy atom. The summed E-state index contributed by atoms with van der Waals surface area (Å²) in [6.45, 7) is 7.08. The summed E-state index contributed by atoms with van der Waals surface area (Å²) >= 11 is 4.13. The highest BCUT2D eigenvalue weighted by Crippen LogP contribution is 2.45. The van der Waals surface area contributed by atoms with Crippen LogP contribution >= 0.6 is 23.5 Å². The van der Waals surface area contributed by atoms with Gasteiger partial charge in [-0.05, 0) is 98.7 Å². The summed E-state index contributed by atoms with van der Waals surface area (Å²) in [5.41, 5.74) is 7.56. The van der Waals surface area contributed by atoms with E-state index in [1.54, 1.807) is 0 Å². The zero-order chi connectivity index (χ0) is 25.6. The lowest BCUT2D eigenvalue weighted by atomic mass is 9.64. The molecule has 0 radical (unpaired) electrons. The van der Waals surface area contributed by atoms with Crippen LogP contribution in [0.3, 0.4) is 0 Å². The van der Waals surface area contributed by atoms with Gasteiger partial charge in [-0.2, -0.15) is 0 Å². The quantitative estimate of drug-likeness (QED) is 0.130. The van der Waals surface area contributed by atoms with Gasteiger partial charge in [0, 0.05) is 15.3 Å². The van der Waals surface area contributed by atoms with Crippen LogP contribution in [0.1, 0.15) is 130 Å². The van der Waals surface area contributed by atoms with Crippen molar-refractivity contribution in [1.29, 1.82) is 0 Å². The van der Waals surface area contributed by atoms with Gasteiger partial charge >= 0.3 is 0 Å². The van der Waals surface area contributed by atoms with E-state index < -0.39 is 0 Å². The number of hydrogen-bond donors (Lipinski definition) is 1. The minimum Gasteiger partial charge on any atom is -0.325 e. The topological polar surface area (TPSA) is 26.0 Å². The molecule has 1 aromatic carbocycles. The molecule has 2 fully saturated rings. The molecule has 0 bridgehead atoms. The molecule has 3 atom stereocenters. The van der Waals surface area contributed by atoms with E-state index in [0.717, 1.165) is 17.8 Å². The lowest BCUT2D eigenvalue weighted by Gasteiger charge is -2.45. The Balaban J connectivity index is 1.64. The van der Waals surface area contributed by atoms with Gasteiger partial charge in [0.05, 0.1) is 0 Å².